The van der Waals surface area contributed by atoms with E-state index in [1.807, 2.05) is 0 Å². The number of aryl methyl sites for hydroxylation is 4. The molecule has 0 unspecified atom stereocenters. The molecule has 0 aliphatic rings. The van der Waals surface area contributed by atoms with E-state index in [0.717, 1.165) is 89.8 Å². The van der Waals surface area contributed by atoms with Gasteiger partial charge in [0.05, 0.1) is 22.7 Å². The first-order valence-electron chi connectivity index (χ1n) is 30.4. The van der Waals surface area contributed by atoms with Gasteiger partial charge in [0.1, 0.15) is 11.2 Å². The van der Waals surface area contributed by atoms with Crippen LogP contribution >= 0.6 is 0 Å². The number of hydrogen-bond acceptors (Lipinski definition) is 4. The Morgan fingerprint density at radius 2 is 0.753 bits per heavy atom. The van der Waals surface area contributed by atoms with E-state index in [4.69, 9.17) is 4.42 Å². The Balaban J connectivity index is 1.27. The van der Waals surface area contributed by atoms with Crippen LogP contribution in [0.3, 0.4) is 0 Å². The average Bonchev–Trinajstić information content (AvgIpc) is 3.81. The number of rotatable bonds is 11. The molecule has 1 heterocycles. The molecule has 0 atom stereocenters. The van der Waals surface area contributed by atoms with Gasteiger partial charge >= 0.3 is 0 Å². The van der Waals surface area contributed by atoms with Gasteiger partial charge in [0.2, 0.25) is 0 Å². The molecule has 85 heavy (non-hydrogen) atoms. The highest BCUT2D eigenvalue weighted by Crippen LogP contribution is 2.53. The molecule has 0 amide bonds. The van der Waals surface area contributed by atoms with Crippen molar-refractivity contribution in [2.75, 3.05) is 14.7 Å². The standard InChI is InChI=1S/C81H85N3O/c1-52-33-44-70(53(2)47-52)82(62-40-34-58(35-41-62)57-25-19-18-20-26-57)64-50-74(83(63-42-36-59(37-43-63)78(6,7)8)71-45-38-60(48-54(71)3)79(9,10)11)56(5)75(51-64)84(72-46-39-61(49-55(72)4)80(12,13)14)73-32-22-21-27-65(73)66-28-23-29-67-68-30-24-31-69(81(15,16)17)77(68)85-76(66)67/h18-51H,1-17H3. The summed E-state index contributed by atoms with van der Waals surface area (Å²) >= 11 is 0. The molecule has 0 aliphatic heterocycles. The highest BCUT2D eigenvalue weighted by atomic mass is 16.3. The molecule has 11 rings (SSSR count). The van der Waals surface area contributed by atoms with Gasteiger partial charge in [0.25, 0.3) is 0 Å². The summed E-state index contributed by atoms with van der Waals surface area (Å²) in [7, 11) is 0. The van der Waals surface area contributed by atoms with Crippen LogP contribution < -0.4 is 14.7 Å². The molecule has 0 fully saturated rings. The first-order valence-corrected chi connectivity index (χ1v) is 30.4. The molecule has 0 saturated heterocycles. The molecular formula is C81H85N3O. The number of anilines is 9. The van der Waals surface area contributed by atoms with Crippen molar-refractivity contribution in [1.29, 1.82) is 0 Å². The number of para-hydroxylation sites is 3. The van der Waals surface area contributed by atoms with Crippen molar-refractivity contribution in [3.8, 4) is 22.3 Å². The predicted molar refractivity (Wildman–Crippen MR) is 367 cm³/mol. The van der Waals surface area contributed by atoms with Crippen LogP contribution in [0.2, 0.25) is 0 Å². The monoisotopic (exact) mass is 1120 g/mol. The quantitative estimate of drug-likeness (QED) is 0.129. The molecule has 10 aromatic carbocycles. The van der Waals surface area contributed by atoms with E-state index < -0.39 is 0 Å². The van der Waals surface area contributed by atoms with Crippen molar-refractivity contribution in [1.82, 2.24) is 0 Å². The fourth-order valence-electron chi connectivity index (χ4n) is 12.4. The predicted octanol–water partition coefficient (Wildman–Crippen LogP) is 24.1. The Kier molecular flexibility index (Phi) is 15.1. The van der Waals surface area contributed by atoms with Crippen LogP contribution in [-0.4, -0.2) is 0 Å². The van der Waals surface area contributed by atoms with Gasteiger partial charge < -0.3 is 19.1 Å². The van der Waals surface area contributed by atoms with Crippen molar-refractivity contribution >= 4 is 73.1 Å². The zero-order valence-corrected chi connectivity index (χ0v) is 53.4. The molecule has 11 aromatic rings. The van der Waals surface area contributed by atoms with Crippen LogP contribution in [0.15, 0.2) is 211 Å². The molecule has 430 valence electrons. The number of hydrogen-bond donors (Lipinski definition) is 0. The lowest BCUT2D eigenvalue weighted by Crippen LogP contribution is -2.20. The van der Waals surface area contributed by atoms with Crippen LogP contribution in [0.5, 0.6) is 0 Å². The van der Waals surface area contributed by atoms with Gasteiger partial charge in [-0.25, -0.2) is 0 Å². The van der Waals surface area contributed by atoms with Gasteiger partial charge in [-0.05, 0) is 167 Å². The second-order valence-electron chi connectivity index (χ2n) is 27.9. The summed E-state index contributed by atoms with van der Waals surface area (Å²) in [6.45, 7) is 38.9. The second-order valence-corrected chi connectivity index (χ2v) is 27.9. The molecule has 0 aliphatic carbocycles. The highest BCUT2D eigenvalue weighted by Gasteiger charge is 2.31. The zero-order chi connectivity index (χ0) is 60.5. The Hall–Kier alpha value is -8.60. The van der Waals surface area contributed by atoms with Crippen LogP contribution in [0.4, 0.5) is 51.2 Å². The van der Waals surface area contributed by atoms with E-state index in [1.54, 1.807) is 0 Å². The third-order valence-electron chi connectivity index (χ3n) is 17.3. The van der Waals surface area contributed by atoms with Crippen molar-refractivity contribution in [3.63, 3.8) is 0 Å². The Morgan fingerprint density at radius 3 is 1.33 bits per heavy atom. The molecule has 4 heteroatoms. The third-order valence-corrected chi connectivity index (χ3v) is 17.3. The lowest BCUT2D eigenvalue weighted by Gasteiger charge is -2.37. The summed E-state index contributed by atoms with van der Waals surface area (Å²) in [4.78, 5) is 7.56. The zero-order valence-electron chi connectivity index (χ0n) is 53.4. The highest BCUT2D eigenvalue weighted by molar-refractivity contribution is 6.12. The Morgan fingerprint density at radius 1 is 0.294 bits per heavy atom. The Labute approximate surface area is 507 Å². The molecule has 0 spiro atoms. The summed E-state index contributed by atoms with van der Waals surface area (Å²) in [6.07, 6.45) is 0. The lowest BCUT2D eigenvalue weighted by molar-refractivity contribution is 0.573. The topological polar surface area (TPSA) is 22.9 Å². The molecular weight excluding hydrogens is 1030 g/mol. The van der Waals surface area contributed by atoms with Crippen molar-refractivity contribution < 1.29 is 4.42 Å². The van der Waals surface area contributed by atoms with E-state index in [2.05, 4.69) is 339 Å². The minimum atomic E-state index is -0.121. The van der Waals surface area contributed by atoms with Gasteiger partial charge in [0.15, 0.2) is 0 Å². The molecule has 0 saturated carbocycles. The molecule has 0 bridgehead atoms. The van der Waals surface area contributed by atoms with E-state index in [-0.39, 0.29) is 21.7 Å². The van der Waals surface area contributed by atoms with Gasteiger partial charge in [-0.2, -0.15) is 0 Å². The van der Waals surface area contributed by atoms with E-state index >= 15 is 0 Å². The van der Waals surface area contributed by atoms with E-state index in [1.165, 1.54) is 55.6 Å². The third kappa shape index (κ3) is 11.3. The van der Waals surface area contributed by atoms with Crippen molar-refractivity contribution in [2.24, 2.45) is 0 Å². The van der Waals surface area contributed by atoms with Gasteiger partial charge in [-0.1, -0.05) is 234 Å². The van der Waals surface area contributed by atoms with E-state index in [9.17, 15) is 0 Å². The minimum absolute atomic E-state index is 0.0328. The maximum absolute atomic E-state index is 7.23. The average molecular weight is 1120 g/mol. The van der Waals surface area contributed by atoms with Crippen LogP contribution in [0.1, 0.15) is 133 Å². The second kappa shape index (κ2) is 22.1. The number of nitrogens with zero attached hydrogens (tertiary/aromatic N) is 3. The van der Waals surface area contributed by atoms with Gasteiger partial charge in [0, 0.05) is 55.9 Å². The first kappa shape index (κ1) is 58.2. The first-order chi connectivity index (χ1) is 40.3. The lowest BCUT2D eigenvalue weighted by atomic mass is 9.85. The summed E-state index contributed by atoms with van der Waals surface area (Å²) in [5.74, 6) is 0. The fourth-order valence-corrected chi connectivity index (χ4v) is 12.4. The largest absolute Gasteiger partial charge is 0.455 e. The molecule has 0 N–H and O–H groups in total. The van der Waals surface area contributed by atoms with Crippen molar-refractivity contribution in [3.05, 3.63) is 256 Å². The van der Waals surface area contributed by atoms with E-state index in [0.29, 0.717) is 0 Å². The minimum Gasteiger partial charge on any atom is -0.455 e. The van der Waals surface area contributed by atoms with Crippen LogP contribution in [0.25, 0.3) is 44.2 Å². The molecule has 4 nitrogen and oxygen atoms in total. The summed E-state index contributed by atoms with van der Waals surface area (Å²) < 4.78 is 7.23. The summed E-state index contributed by atoms with van der Waals surface area (Å²) in [5, 5.41) is 2.24. The van der Waals surface area contributed by atoms with Gasteiger partial charge in [-0.15, -0.1) is 0 Å². The number of furan rings is 1. The SMILES string of the molecule is Cc1ccc(N(c2ccc(-c3ccccc3)cc2)c2cc(N(c3ccc(C(C)(C)C)cc3)c3ccc(C(C)(C)C)cc3C)c(C)c(N(c3ccc(C(C)(C)C)cc3C)c3ccccc3-c3cccc4c3oc3c(C(C)(C)C)cccc34)c2)c(C)c1. The van der Waals surface area contributed by atoms with Crippen LogP contribution in [-0.2, 0) is 21.7 Å². The van der Waals surface area contributed by atoms with Gasteiger partial charge in [-0.3, -0.25) is 0 Å². The normalized spacial score (nSPS) is 12.3. The molecule has 1 aromatic heterocycles. The van der Waals surface area contributed by atoms with Crippen molar-refractivity contribution in [2.45, 2.75) is 139 Å². The summed E-state index contributed by atoms with van der Waals surface area (Å²) in [5.41, 5.74) is 26.6. The smallest absolute Gasteiger partial charge is 0.143 e. The maximum Gasteiger partial charge on any atom is 0.143 e. The Bertz CT molecular complexity index is 4260. The number of fused-ring (bicyclic) bond motifs is 3. The number of benzene rings is 10. The van der Waals surface area contributed by atoms with Crippen LogP contribution in [0, 0.1) is 34.6 Å². The molecule has 0 radical (unpaired) electrons. The maximum atomic E-state index is 7.23. The fraction of sp³-hybridized carbons (Fsp3) is 0.259. The summed E-state index contributed by atoms with van der Waals surface area (Å²) in [6, 6.07) is 77.3.